The number of aliphatic hydroxyl groups excluding tert-OH is 1. The molecule has 0 aliphatic carbocycles. The molecule has 2 rings (SSSR count). The van der Waals surface area contributed by atoms with Gasteiger partial charge in [0.25, 0.3) is 5.54 Å². The van der Waals surface area contributed by atoms with Crippen molar-refractivity contribution in [1.82, 2.24) is 4.57 Å². The Morgan fingerprint density at radius 1 is 1.81 bits per heavy atom. The van der Waals surface area contributed by atoms with E-state index in [2.05, 4.69) is 4.99 Å². The highest BCUT2D eigenvalue weighted by Gasteiger charge is 2.37. The molecule has 1 aliphatic heterocycles. The van der Waals surface area contributed by atoms with Crippen molar-refractivity contribution in [2.24, 2.45) is 4.99 Å². The summed E-state index contributed by atoms with van der Waals surface area (Å²) in [6.45, 7) is 0.728. The summed E-state index contributed by atoms with van der Waals surface area (Å²) in [4.78, 5) is 25.4. The maximum atomic E-state index is 11.2. The average molecular weight is 227 g/mol. The van der Waals surface area contributed by atoms with E-state index in [0.717, 1.165) is 4.57 Å². The topological polar surface area (TPSA) is 111 Å². The van der Waals surface area contributed by atoms with Crippen molar-refractivity contribution < 1.29 is 14.4 Å². The van der Waals surface area contributed by atoms with Crippen LogP contribution in [0.5, 0.6) is 0 Å². The molecule has 0 spiro atoms. The van der Waals surface area contributed by atoms with Crippen molar-refractivity contribution in [2.45, 2.75) is 19.2 Å². The van der Waals surface area contributed by atoms with Crippen LogP contribution in [0.3, 0.4) is 0 Å². The number of fused-ring (bicyclic) bond motifs is 1. The monoisotopic (exact) mass is 227 g/mol. The van der Waals surface area contributed by atoms with Gasteiger partial charge >= 0.3 is 5.76 Å². The number of hydrogen-bond acceptors (Lipinski definition) is 6. The summed E-state index contributed by atoms with van der Waals surface area (Å²) in [7, 11) is 0. The minimum atomic E-state index is -1.37. The standard InChI is InChI=1S/C8H9N3O5/c1-8(11(14)15)2-5-6(9-3-8)10(4-12)7(13)16-5/h2,12H,3-4H2,1H3. The Morgan fingerprint density at radius 2 is 2.50 bits per heavy atom. The van der Waals surface area contributed by atoms with Crippen LogP contribution in [0.1, 0.15) is 6.92 Å². The third-order valence-electron chi connectivity index (χ3n) is 2.44. The Kier molecular flexibility index (Phi) is 2.16. The number of aromatic nitrogens is 1. The number of rotatable bonds is 2. The molecule has 0 amide bonds. The molecule has 0 radical (unpaired) electrons. The molecule has 1 N–H and O–H groups in total. The number of oxazole rings is 1. The lowest BCUT2D eigenvalue weighted by molar-refractivity contribution is -0.541. The molecule has 8 nitrogen and oxygen atoms in total. The maximum absolute atomic E-state index is 11.2. The number of hydrogen-bond donors (Lipinski definition) is 1. The van der Waals surface area contributed by atoms with Crippen molar-refractivity contribution in [3.05, 3.63) is 31.6 Å². The number of nitrogens with zero attached hydrogens (tertiary/aromatic N) is 3. The molecule has 0 bridgehead atoms. The predicted octanol–water partition coefficient (Wildman–Crippen LogP) is -2.16. The summed E-state index contributed by atoms with van der Waals surface area (Å²) >= 11 is 0. The van der Waals surface area contributed by atoms with E-state index in [1.807, 2.05) is 0 Å². The molecule has 1 unspecified atom stereocenters. The molecule has 86 valence electrons. The molecule has 0 saturated carbocycles. The molecule has 2 heterocycles. The molecule has 0 saturated heterocycles. The van der Waals surface area contributed by atoms with Gasteiger partial charge in [-0.2, -0.15) is 0 Å². The van der Waals surface area contributed by atoms with Crippen molar-refractivity contribution in [3.8, 4) is 0 Å². The van der Waals surface area contributed by atoms with Gasteiger partial charge in [-0.1, -0.05) is 0 Å². The SMILES string of the molecule is CC1([N+](=O)[O-])C=c2oc(=O)n(CO)c2=NC1. The van der Waals surface area contributed by atoms with Gasteiger partial charge < -0.3 is 9.52 Å². The molecule has 0 aromatic carbocycles. The van der Waals surface area contributed by atoms with Gasteiger partial charge in [0.05, 0.1) is 0 Å². The zero-order valence-electron chi connectivity index (χ0n) is 8.41. The van der Waals surface area contributed by atoms with E-state index in [9.17, 15) is 14.9 Å². The third-order valence-corrected chi connectivity index (χ3v) is 2.44. The maximum Gasteiger partial charge on any atom is 0.423 e. The van der Waals surface area contributed by atoms with Crippen LogP contribution >= 0.6 is 0 Å². The lowest BCUT2D eigenvalue weighted by Crippen LogP contribution is -2.46. The minimum absolute atomic E-state index is 0.0319. The summed E-state index contributed by atoms with van der Waals surface area (Å²) < 4.78 is 5.68. The molecule has 0 fully saturated rings. The fourth-order valence-corrected chi connectivity index (χ4v) is 1.47. The molecule has 1 aromatic heterocycles. The van der Waals surface area contributed by atoms with E-state index in [1.165, 1.54) is 13.0 Å². The smallest absolute Gasteiger partial charge is 0.406 e. The van der Waals surface area contributed by atoms with E-state index in [-0.39, 0.29) is 17.4 Å². The van der Waals surface area contributed by atoms with Gasteiger partial charge in [-0.15, -0.1) is 0 Å². The first-order chi connectivity index (χ1) is 7.48. The van der Waals surface area contributed by atoms with Crippen LogP contribution in [0.15, 0.2) is 14.2 Å². The Labute approximate surface area is 88.3 Å². The van der Waals surface area contributed by atoms with E-state index in [1.54, 1.807) is 0 Å². The zero-order chi connectivity index (χ0) is 11.9. The molecule has 1 aliphatic rings. The van der Waals surface area contributed by atoms with Crippen LogP contribution in [0.25, 0.3) is 6.08 Å². The van der Waals surface area contributed by atoms with Crippen molar-refractivity contribution in [3.63, 3.8) is 0 Å². The van der Waals surface area contributed by atoms with E-state index < -0.39 is 22.9 Å². The van der Waals surface area contributed by atoms with Crippen molar-refractivity contribution in [2.75, 3.05) is 6.54 Å². The van der Waals surface area contributed by atoms with E-state index >= 15 is 0 Å². The fourth-order valence-electron chi connectivity index (χ4n) is 1.47. The zero-order valence-corrected chi connectivity index (χ0v) is 8.41. The molecule has 8 heteroatoms. The molecule has 1 atom stereocenters. The Hall–Kier alpha value is -1.96. The quantitative estimate of drug-likeness (QED) is 0.457. The van der Waals surface area contributed by atoms with Gasteiger partial charge in [0.2, 0.25) is 0 Å². The Morgan fingerprint density at radius 3 is 3.06 bits per heavy atom. The highest BCUT2D eigenvalue weighted by atomic mass is 16.6. The van der Waals surface area contributed by atoms with Crippen LogP contribution in [0.2, 0.25) is 0 Å². The fraction of sp³-hybridized carbons (Fsp3) is 0.500. The van der Waals surface area contributed by atoms with Gasteiger partial charge in [-0.05, 0) is 0 Å². The molecular formula is C8H9N3O5. The summed E-state index contributed by atoms with van der Waals surface area (Å²) in [5.41, 5.74) is -1.19. The van der Waals surface area contributed by atoms with Gasteiger partial charge in [0, 0.05) is 17.9 Å². The normalized spacial score (nSPS) is 23.1. The predicted molar refractivity (Wildman–Crippen MR) is 50.7 cm³/mol. The highest BCUT2D eigenvalue weighted by Crippen LogP contribution is 2.12. The van der Waals surface area contributed by atoms with Gasteiger partial charge in [-0.25, -0.2) is 9.36 Å². The Balaban J connectivity index is 2.72. The largest absolute Gasteiger partial charge is 0.423 e. The minimum Gasteiger partial charge on any atom is -0.406 e. The average Bonchev–Trinajstić information content (AvgIpc) is 2.52. The first-order valence-electron chi connectivity index (χ1n) is 4.50. The van der Waals surface area contributed by atoms with Crippen LogP contribution < -0.4 is 16.7 Å². The summed E-state index contributed by atoms with van der Waals surface area (Å²) in [6.07, 6.45) is 1.24. The first-order valence-corrected chi connectivity index (χ1v) is 4.50. The number of aliphatic hydroxyl groups is 1. The Bertz CT molecular complexity index is 613. The lowest BCUT2D eigenvalue weighted by Gasteiger charge is -2.15. The van der Waals surface area contributed by atoms with E-state index in [4.69, 9.17) is 9.52 Å². The summed E-state index contributed by atoms with van der Waals surface area (Å²) in [5.74, 6) is -0.778. The summed E-state index contributed by atoms with van der Waals surface area (Å²) in [6, 6.07) is 0. The third kappa shape index (κ3) is 1.34. The molecule has 16 heavy (non-hydrogen) atoms. The van der Waals surface area contributed by atoms with Crippen LogP contribution in [-0.4, -0.2) is 26.7 Å². The first kappa shape index (κ1) is 10.6. The van der Waals surface area contributed by atoms with E-state index in [0.29, 0.717) is 0 Å². The molecule has 1 aromatic rings. The van der Waals surface area contributed by atoms with Gasteiger partial charge in [0.1, 0.15) is 13.3 Å². The van der Waals surface area contributed by atoms with Gasteiger partial charge in [-0.3, -0.25) is 15.1 Å². The summed E-state index contributed by atoms with van der Waals surface area (Å²) in [5, 5.41) is 19.7. The number of nitro groups is 1. The second-order valence-electron chi connectivity index (χ2n) is 3.70. The van der Waals surface area contributed by atoms with Gasteiger partial charge in [0.15, 0.2) is 10.9 Å². The van der Waals surface area contributed by atoms with Crippen LogP contribution in [0.4, 0.5) is 0 Å². The van der Waals surface area contributed by atoms with Crippen LogP contribution in [0, 0.1) is 10.1 Å². The lowest BCUT2D eigenvalue weighted by atomic mass is 10.0. The van der Waals surface area contributed by atoms with Crippen molar-refractivity contribution in [1.29, 1.82) is 0 Å². The van der Waals surface area contributed by atoms with Crippen LogP contribution in [-0.2, 0) is 6.73 Å². The second-order valence-corrected chi connectivity index (χ2v) is 3.70. The second kappa shape index (κ2) is 3.27. The highest BCUT2D eigenvalue weighted by molar-refractivity contribution is 5.31. The van der Waals surface area contributed by atoms with Crippen molar-refractivity contribution >= 4 is 6.08 Å². The molecular weight excluding hydrogens is 218 g/mol.